The zero-order valence-corrected chi connectivity index (χ0v) is 17.6. The summed E-state index contributed by atoms with van der Waals surface area (Å²) in [6, 6.07) is 6.37. The average Bonchev–Trinajstić information content (AvgIpc) is 3.10. The fraction of sp³-hybridized carbons (Fsp3) is 0.368. The summed E-state index contributed by atoms with van der Waals surface area (Å²) in [6.07, 6.45) is 4.00. The second-order valence-corrected chi connectivity index (χ2v) is 8.70. The molecule has 28 heavy (non-hydrogen) atoms. The molecule has 4 rings (SSSR count). The number of fused-ring (bicyclic) bond motifs is 1. The Bertz CT molecular complexity index is 896. The van der Waals surface area contributed by atoms with Crippen molar-refractivity contribution in [1.82, 2.24) is 20.0 Å². The fourth-order valence-corrected chi connectivity index (χ4v) is 4.63. The molecule has 2 aromatic rings. The van der Waals surface area contributed by atoms with Crippen LogP contribution in [-0.4, -0.2) is 51.7 Å². The third-order valence-electron chi connectivity index (χ3n) is 4.82. The van der Waals surface area contributed by atoms with E-state index in [1.807, 2.05) is 28.8 Å². The Labute approximate surface area is 175 Å². The van der Waals surface area contributed by atoms with Gasteiger partial charge in [-0.1, -0.05) is 18.2 Å². The van der Waals surface area contributed by atoms with Crippen LogP contribution in [0.3, 0.4) is 0 Å². The monoisotopic (exact) mass is 465 g/mol. The second kappa shape index (κ2) is 8.57. The molecule has 1 atom stereocenters. The quantitative estimate of drug-likeness (QED) is 0.708. The maximum absolute atomic E-state index is 14.3. The molecule has 1 aromatic heterocycles. The number of rotatable bonds is 5. The third kappa shape index (κ3) is 4.05. The molecule has 6 nitrogen and oxygen atoms in total. The predicted octanol–water partition coefficient (Wildman–Crippen LogP) is 3.31. The van der Waals surface area contributed by atoms with Crippen LogP contribution in [-0.2, 0) is 4.79 Å². The Morgan fingerprint density at radius 1 is 1.36 bits per heavy atom. The van der Waals surface area contributed by atoms with Gasteiger partial charge in [0.05, 0.1) is 16.7 Å². The van der Waals surface area contributed by atoms with Crippen LogP contribution in [0.1, 0.15) is 18.0 Å². The summed E-state index contributed by atoms with van der Waals surface area (Å²) in [5.41, 5.74) is 0.558. The molecular formula is C19H21BrFN5OS. The van der Waals surface area contributed by atoms with Crippen LogP contribution in [0.4, 0.5) is 10.2 Å². The highest BCUT2D eigenvalue weighted by atomic mass is 79.9. The van der Waals surface area contributed by atoms with Gasteiger partial charge in [-0.2, -0.15) is 16.9 Å². The van der Waals surface area contributed by atoms with E-state index < -0.39 is 0 Å². The lowest BCUT2D eigenvalue weighted by atomic mass is 10.0. The Kier molecular flexibility index (Phi) is 5.91. The smallest absolute Gasteiger partial charge is 0.224 e. The highest BCUT2D eigenvalue weighted by molar-refractivity contribution is 9.10. The van der Waals surface area contributed by atoms with Crippen molar-refractivity contribution in [2.75, 3.05) is 36.5 Å². The van der Waals surface area contributed by atoms with Gasteiger partial charge in [-0.05, 0) is 28.1 Å². The van der Waals surface area contributed by atoms with Crippen molar-refractivity contribution >= 4 is 45.2 Å². The minimum Gasteiger partial charge on any atom is -0.370 e. The highest BCUT2D eigenvalue weighted by Crippen LogP contribution is 2.34. The lowest BCUT2D eigenvalue weighted by molar-refractivity contribution is -0.130. The normalized spacial score (nSPS) is 18.9. The molecule has 0 saturated carbocycles. The molecule has 2 aliphatic rings. The van der Waals surface area contributed by atoms with Crippen molar-refractivity contribution in [3.63, 3.8) is 0 Å². The molecule has 148 valence electrons. The first-order valence-corrected chi connectivity index (χ1v) is 11.1. The zero-order valence-electron chi connectivity index (χ0n) is 15.2. The first kappa shape index (κ1) is 19.3. The van der Waals surface area contributed by atoms with Gasteiger partial charge in [-0.3, -0.25) is 4.79 Å². The molecule has 2 aliphatic heterocycles. The largest absolute Gasteiger partial charge is 0.370 e. The van der Waals surface area contributed by atoms with E-state index in [4.69, 9.17) is 0 Å². The first-order chi connectivity index (χ1) is 13.6. The van der Waals surface area contributed by atoms with Crippen LogP contribution in [0.5, 0.6) is 0 Å². The number of hydrogen-bond acceptors (Lipinski definition) is 5. The maximum atomic E-state index is 14.3. The Morgan fingerprint density at radius 2 is 2.14 bits per heavy atom. The Morgan fingerprint density at radius 3 is 2.93 bits per heavy atom. The molecule has 1 amide bonds. The van der Waals surface area contributed by atoms with Gasteiger partial charge in [0, 0.05) is 43.1 Å². The van der Waals surface area contributed by atoms with E-state index in [9.17, 15) is 9.18 Å². The molecule has 1 saturated heterocycles. The van der Waals surface area contributed by atoms with Gasteiger partial charge < -0.3 is 15.5 Å². The van der Waals surface area contributed by atoms with Gasteiger partial charge in [0.2, 0.25) is 5.91 Å². The van der Waals surface area contributed by atoms with Crippen LogP contribution in [0, 0.1) is 5.82 Å². The number of amides is 1. The van der Waals surface area contributed by atoms with Crippen LogP contribution in [0.25, 0.3) is 5.82 Å². The Balaban J connectivity index is 1.48. The summed E-state index contributed by atoms with van der Waals surface area (Å²) in [5.74, 6) is 3.38. The van der Waals surface area contributed by atoms with Crippen molar-refractivity contribution in [1.29, 1.82) is 0 Å². The van der Waals surface area contributed by atoms with Gasteiger partial charge in [-0.25, -0.2) is 9.07 Å². The van der Waals surface area contributed by atoms with Crippen molar-refractivity contribution < 1.29 is 9.18 Å². The number of nitrogens with one attached hydrogen (secondary N) is 2. The Hall–Kier alpha value is -2.00. The van der Waals surface area contributed by atoms with E-state index in [0.717, 1.165) is 40.7 Å². The number of halogens is 2. The summed E-state index contributed by atoms with van der Waals surface area (Å²) in [5, 5.41) is 11.0. The summed E-state index contributed by atoms with van der Waals surface area (Å²) in [4.78, 5) is 14.3. The highest BCUT2D eigenvalue weighted by Gasteiger charge is 2.25. The predicted molar refractivity (Wildman–Crippen MR) is 113 cm³/mol. The number of aromatic nitrogens is 2. The van der Waals surface area contributed by atoms with E-state index in [-0.39, 0.29) is 17.8 Å². The molecule has 1 unspecified atom stereocenters. The van der Waals surface area contributed by atoms with E-state index in [2.05, 4.69) is 31.7 Å². The molecular weight excluding hydrogens is 445 g/mol. The summed E-state index contributed by atoms with van der Waals surface area (Å²) in [7, 11) is 0. The molecule has 0 bridgehead atoms. The van der Waals surface area contributed by atoms with Crippen LogP contribution in [0.2, 0.25) is 0 Å². The van der Waals surface area contributed by atoms with Crippen molar-refractivity contribution in [3.8, 4) is 0 Å². The molecule has 0 radical (unpaired) electrons. The third-order valence-corrected chi connectivity index (χ3v) is 6.34. The van der Waals surface area contributed by atoms with Gasteiger partial charge >= 0.3 is 0 Å². The van der Waals surface area contributed by atoms with Gasteiger partial charge in [0.15, 0.2) is 0 Å². The number of carbonyl (C=O) groups is 1. The van der Waals surface area contributed by atoms with Crippen LogP contribution < -0.4 is 10.6 Å². The molecule has 1 fully saturated rings. The molecule has 3 heterocycles. The lowest BCUT2D eigenvalue weighted by Crippen LogP contribution is -2.39. The number of carbonyl (C=O) groups excluding carboxylic acids is 1. The van der Waals surface area contributed by atoms with Crippen molar-refractivity contribution in [2.45, 2.75) is 12.5 Å². The number of thioether (sulfide) groups is 1. The topological polar surface area (TPSA) is 62.2 Å². The molecule has 2 N–H and O–H groups in total. The van der Waals surface area contributed by atoms with Crippen LogP contribution in [0.15, 0.2) is 41.0 Å². The second-order valence-electron chi connectivity index (χ2n) is 6.62. The average molecular weight is 466 g/mol. The summed E-state index contributed by atoms with van der Waals surface area (Å²) in [6.45, 7) is 2.14. The molecule has 0 aliphatic carbocycles. The van der Waals surface area contributed by atoms with Gasteiger partial charge in [0.1, 0.15) is 17.5 Å². The maximum Gasteiger partial charge on any atom is 0.224 e. The lowest BCUT2D eigenvalue weighted by Gasteiger charge is -2.28. The standard InChI is InChI=1S/C19H21BrFN5OS/c20-14-12-23-26-17(22-6-5-18(27)25-7-9-28-10-8-25)11-16(24-19(14)26)13-3-1-2-4-15(13)21/h1-4,11-12,16,22,24H,5-10H2. The summed E-state index contributed by atoms with van der Waals surface area (Å²) >= 11 is 5.37. The van der Waals surface area contributed by atoms with Gasteiger partial charge in [-0.15, -0.1) is 0 Å². The molecule has 9 heteroatoms. The zero-order chi connectivity index (χ0) is 19.5. The fourth-order valence-electron chi connectivity index (χ4n) is 3.36. The molecule has 1 aromatic carbocycles. The van der Waals surface area contributed by atoms with E-state index in [0.29, 0.717) is 18.5 Å². The number of nitrogens with zero attached hydrogens (tertiary/aromatic N) is 3. The molecule has 0 spiro atoms. The SMILES string of the molecule is O=C(CCNC1=CC(c2ccccc2F)Nc2c(Br)cnn21)N1CCSCC1. The first-order valence-electron chi connectivity index (χ1n) is 9.19. The number of hydrogen-bond donors (Lipinski definition) is 2. The number of benzene rings is 1. The number of anilines is 1. The van der Waals surface area contributed by atoms with Crippen molar-refractivity contribution in [3.05, 3.63) is 52.4 Å². The minimum absolute atomic E-state index is 0.162. The van der Waals surface area contributed by atoms with E-state index in [1.165, 1.54) is 6.07 Å². The van der Waals surface area contributed by atoms with E-state index >= 15 is 0 Å². The minimum atomic E-state index is -0.334. The van der Waals surface area contributed by atoms with Crippen molar-refractivity contribution in [2.24, 2.45) is 0 Å². The summed E-state index contributed by atoms with van der Waals surface area (Å²) < 4.78 is 16.8. The van der Waals surface area contributed by atoms with Gasteiger partial charge in [0.25, 0.3) is 0 Å². The van der Waals surface area contributed by atoms with E-state index in [1.54, 1.807) is 23.0 Å². The van der Waals surface area contributed by atoms with Crippen LogP contribution >= 0.6 is 27.7 Å².